The van der Waals surface area contributed by atoms with Gasteiger partial charge in [0.05, 0.1) is 34.6 Å². The van der Waals surface area contributed by atoms with E-state index in [4.69, 9.17) is 0 Å². The zero-order valence-corrected chi connectivity index (χ0v) is 22.9. The highest BCUT2D eigenvalue weighted by molar-refractivity contribution is 6.21. The number of hydrogen-bond acceptors (Lipinski definition) is 7. The molecule has 4 heterocycles. The third kappa shape index (κ3) is 4.52. The summed E-state index contributed by atoms with van der Waals surface area (Å²) in [7, 11) is 0. The summed E-state index contributed by atoms with van der Waals surface area (Å²) in [6.45, 7) is 1.74. The summed E-state index contributed by atoms with van der Waals surface area (Å²) in [6, 6.07) is 12.1. The Morgan fingerprint density at radius 2 is 1.70 bits per heavy atom. The van der Waals surface area contributed by atoms with Crippen molar-refractivity contribution in [2.45, 2.75) is 50.7 Å². The van der Waals surface area contributed by atoms with Crippen molar-refractivity contribution >= 4 is 17.6 Å². The average Bonchev–Trinajstić information content (AvgIpc) is 3.61. The van der Waals surface area contributed by atoms with Gasteiger partial charge in [-0.1, -0.05) is 18.2 Å². The number of alkyl halides is 5. The Labute approximate surface area is 246 Å². The Hall–Kier alpha value is -5.01. The van der Waals surface area contributed by atoms with Gasteiger partial charge >= 0.3 is 12.5 Å². The van der Waals surface area contributed by atoms with E-state index >= 15 is 0 Å². The summed E-state index contributed by atoms with van der Waals surface area (Å²) in [5, 5.41) is 7.08. The van der Waals surface area contributed by atoms with E-state index in [2.05, 4.69) is 24.9 Å². The number of carbonyl (C=O) groups excluding carboxylic acids is 2. The largest absolute Gasteiger partial charge is 0.586 e. The highest BCUT2D eigenvalue weighted by Crippen LogP contribution is 2.45. The van der Waals surface area contributed by atoms with Gasteiger partial charge in [0.25, 0.3) is 11.8 Å². The molecule has 0 spiro atoms. The molecule has 0 unspecified atom stereocenters. The number of amides is 2. The first-order chi connectivity index (χ1) is 20.9. The standard InChI is InChI=1S/C30H22F5N5O4/c1-15(16-9-10-22-23(13-16)44-30(34,35)43-22)37-24-14-17(11-12-36-24)40-25-20(26(38-40)29(31,32)33)7-4-8-21(25)39-27(41)18-5-2-3-6-19(18)28(39)42/h2-3,5-6,9-15,21H,4,7-8H2,1H3,(H,36,37)/t15-,21-/m0/s1. The lowest BCUT2D eigenvalue weighted by molar-refractivity contribution is -0.286. The second kappa shape index (κ2) is 9.76. The molecule has 44 heavy (non-hydrogen) atoms. The maximum Gasteiger partial charge on any atom is 0.586 e. The van der Waals surface area contributed by atoms with Crippen LogP contribution in [0.15, 0.2) is 60.8 Å². The van der Waals surface area contributed by atoms with Crippen LogP contribution in [0.2, 0.25) is 0 Å². The lowest BCUT2D eigenvalue weighted by Gasteiger charge is -2.31. The fourth-order valence-electron chi connectivity index (χ4n) is 6.00. The zero-order chi connectivity index (χ0) is 31.0. The molecule has 0 saturated heterocycles. The van der Waals surface area contributed by atoms with Gasteiger partial charge in [-0.2, -0.15) is 18.3 Å². The van der Waals surface area contributed by atoms with Gasteiger partial charge < -0.3 is 14.8 Å². The van der Waals surface area contributed by atoms with Crippen LogP contribution in [0, 0.1) is 0 Å². The van der Waals surface area contributed by atoms with E-state index in [0.29, 0.717) is 12.0 Å². The quantitative estimate of drug-likeness (QED) is 0.205. The van der Waals surface area contributed by atoms with Crippen LogP contribution in [0.1, 0.15) is 75.1 Å². The minimum absolute atomic E-state index is 0.0674. The van der Waals surface area contributed by atoms with Crippen LogP contribution >= 0.6 is 0 Å². The smallest absolute Gasteiger partial charge is 0.395 e. The molecule has 9 nitrogen and oxygen atoms in total. The minimum atomic E-state index is -4.78. The molecule has 2 atom stereocenters. The molecular weight excluding hydrogens is 589 g/mol. The molecule has 3 aliphatic rings. The number of hydrogen-bond donors (Lipinski definition) is 1. The fraction of sp³-hybridized carbons (Fsp3) is 0.267. The van der Waals surface area contributed by atoms with Crippen LogP contribution in [0.4, 0.5) is 27.8 Å². The highest BCUT2D eigenvalue weighted by atomic mass is 19.4. The van der Waals surface area contributed by atoms with Crippen molar-refractivity contribution in [2.75, 3.05) is 5.32 Å². The number of benzene rings is 2. The van der Waals surface area contributed by atoms with Crippen LogP contribution in [0.5, 0.6) is 11.5 Å². The average molecular weight is 612 g/mol. The van der Waals surface area contributed by atoms with Crippen LogP contribution in [0.25, 0.3) is 5.69 Å². The number of halogens is 5. The minimum Gasteiger partial charge on any atom is -0.395 e. The number of fused-ring (bicyclic) bond motifs is 3. The summed E-state index contributed by atoms with van der Waals surface area (Å²) in [5.41, 5.74) is 0.133. The molecule has 7 rings (SSSR count). The van der Waals surface area contributed by atoms with Gasteiger partial charge in [-0.3, -0.25) is 14.5 Å². The van der Waals surface area contributed by atoms with Crippen LogP contribution < -0.4 is 14.8 Å². The monoisotopic (exact) mass is 611 g/mol. The number of rotatable bonds is 5. The third-order valence-corrected chi connectivity index (χ3v) is 7.93. The molecule has 2 aromatic carbocycles. The van der Waals surface area contributed by atoms with Crippen molar-refractivity contribution in [3.63, 3.8) is 0 Å². The number of nitrogens with zero attached hydrogens (tertiary/aromatic N) is 4. The number of ether oxygens (including phenoxy) is 2. The second-order valence-electron chi connectivity index (χ2n) is 10.7. The van der Waals surface area contributed by atoms with Crippen LogP contribution in [0.3, 0.4) is 0 Å². The van der Waals surface area contributed by atoms with Gasteiger partial charge in [-0.25, -0.2) is 9.67 Å². The molecule has 0 saturated carbocycles. The van der Waals surface area contributed by atoms with Gasteiger partial charge in [-0.15, -0.1) is 8.78 Å². The maximum absolute atomic E-state index is 14.2. The maximum atomic E-state index is 14.2. The van der Waals surface area contributed by atoms with E-state index in [1.54, 1.807) is 25.1 Å². The van der Waals surface area contributed by atoms with Gasteiger partial charge in [0, 0.05) is 17.8 Å². The van der Waals surface area contributed by atoms with E-state index < -0.39 is 42.1 Å². The van der Waals surface area contributed by atoms with E-state index in [-0.39, 0.29) is 58.2 Å². The topological polar surface area (TPSA) is 98.6 Å². The highest BCUT2D eigenvalue weighted by Gasteiger charge is 2.47. The number of aromatic nitrogens is 3. The number of nitrogens with one attached hydrogen (secondary N) is 1. The first-order valence-electron chi connectivity index (χ1n) is 13.7. The molecule has 4 aromatic rings. The number of carbonyl (C=O) groups is 2. The Morgan fingerprint density at radius 1 is 1.00 bits per heavy atom. The first kappa shape index (κ1) is 27.8. The Balaban J connectivity index is 1.25. The molecule has 2 amide bonds. The van der Waals surface area contributed by atoms with Crippen molar-refractivity contribution in [1.29, 1.82) is 0 Å². The van der Waals surface area contributed by atoms with Crippen molar-refractivity contribution in [3.05, 3.63) is 94.4 Å². The molecule has 0 fully saturated rings. The summed E-state index contributed by atoms with van der Waals surface area (Å²) in [6.07, 6.45) is -6.51. The van der Waals surface area contributed by atoms with Gasteiger partial charge in [0.2, 0.25) is 0 Å². The van der Waals surface area contributed by atoms with Crippen molar-refractivity contribution in [2.24, 2.45) is 0 Å². The lowest BCUT2D eigenvalue weighted by atomic mass is 9.90. The van der Waals surface area contributed by atoms with E-state index in [0.717, 1.165) is 9.58 Å². The Morgan fingerprint density at radius 3 is 2.41 bits per heavy atom. The predicted octanol–water partition coefficient (Wildman–Crippen LogP) is 6.45. The van der Waals surface area contributed by atoms with E-state index in [1.165, 1.54) is 42.6 Å². The summed E-state index contributed by atoms with van der Waals surface area (Å²) < 4.78 is 79.8. The molecular formula is C30H22F5N5O4. The van der Waals surface area contributed by atoms with Crippen LogP contribution in [-0.4, -0.2) is 37.8 Å². The molecule has 226 valence electrons. The number of imide groups is 1. The lowest BCUT2D eigenvalue weighted by Crippen LogP contribution is -2.37. The predicted molar refractivity (Wildman–Crippen MR) is 144 cm³/mol. The van der Waals surface area contributed by atoms with Crippen molar-refractivity contribution < 1.29 is 41.0 Å². The Bertz CT molecular complexity index is 1800. The summed E-state index contributed by atoms with van der Waals surface area (Å²) in [4.78, 5) is 32.0. The molecule has 0 bridgehead atoms. The van der Waals surface area contributed by atoms with Crippen molar-refractivity contribution in [3.8, 4) is 17.2 Å². The first-order valence-corrected chi connectivity index (χ1v) is 13.7. The molecule has 2 aromatic heterocycles. The summed E-state index contributed by atoms with van der Waals surface area (Å²) >= 11 is 0. The zero-order valence-electron chi connectivity index (χ0n) is 22.9. The number of anilines is 1. The molecule has 0 radical (unpaired) electrons. The Kier molecular flexibility index (Phi) is 6.16. The second-order valence-corrected chi connectivity index (χ2v) is 10.7. The van der Waals surface area contributed by atoms with Gasteiger partial charge in [-0.05, 0) is 62.1 Å². The molecule has 14 heteroatoms. The third-order valence-electron chi connectivity index (χ3n) is 7.93. The molecule has 1 N–H and O–H groups in total. The van der Waals surface area contributed by atoms with Gasteiger partial charge in [0.1, 0.15) is 5.82 Å². The van der Waals surface area contributed by atoms with Gasteiger partial charge in [0.15, 0.2) is 17.2 Å². The fourth-order valence-corrected chi connectivity index (χ4v) is 6.00. The van der Waals surface area contributed by atoms with Crippen LogP contribution in [-0.2, 0) is 12.6 Å². The summed E-state index contributed by atoms with van der Waals surface area (Å²) in [5.74, 6) is -1.13. The SMILES string of the molecule is C[C@H](Nc1cc(-n2nc(C(F)(F)F)c3c2[C@@H](N2C(=O)c4ccccc4C2=O)CCC3)ccn1)c1ccc2c(c1)OC(F)(F)O2. The van der Waals surface area contributed by atoms with E-state index in [9.17, 15) is 31.5 Å². The van der Waals surface area contributed by atoms with Crippen molar-refractivity contribution in [1.82, 2.24) is 19.7 Å². The molecule has 2 aliphatic heterocycles. The molecule has 1 aliphatic carbocycles. The van der Waals surface area contributed by atoms with E-state index in [1.807, 2.05) is 0 Å². The number of pyridine rings is 1. The normalized spacial score (nSPS) is 19.1.